The first kappa shape index (κ1) is 24.3. The summed E-state index contributed by atoms with van der Waals surface area (Å²) in [6.07, 6.45) is 2.76. The van der Waals surface area contributed by atoms with E-state index in [9.17, 15) is 9.59 Å². The highest BCUT2D eigenvalue weighted by atomic mass is 35.5. The molecule has 2 fully saturated rings. The van der Waals surface area contributed by atoms with E-state index in [-0.39, 0.29) is 40.4 Å². The van der Waals surface area contributed by atoms with Crippen LogP contribution in [-0.2, 0) is 16.1 Å². The van der Waals surface area contributed by atoms with Crippen LogP contribution >= 0.6 is 11.6 Å². The Morgan fingerprint density at radius 2 is 1.51 bits per heavy atom. The number of benzene rings is 2. The van der Waals surface area contributed by atoms with Crippen molar-refractivity contribution in [3.63, 3.8) is 0 Å². The number of carbonyl (C=O) groups excluding carboxylic acids is 2. The smallest absolute Gasteiger partial charge is 0.161 e. The van der Waals surface area contributed by atoms with Crippen molar-refractivity contribution in [1.29, 1.82) is 0 Å². The summed E-state index contributed by atoms with van der Waals surface area (Å²) < 4.78 is 0. The first-order valence-corrected chi connectivity index (χ1v) is 13.0. The van der Waals surface area contributed by atoms with Crippen molar-refractivity contribution >= 4 is 34.4 Å². The van der Waals surface area contributed by atoms with E-state index >= 15 is 0 Å². The molecule has 1 heterocycles. The third-order valence-electron chi connectivity index (χ3n) is 8.08. The number of rotatable bonds is 3. The second-order valence-corrected chi connectivity index (χ2v) is 12.6. The zero-order valence-electron chi connectivity index (χ0n) is 21.1. The number of ketones is 2. The SMILES string of the molecule is CC1(C)CC(=O)C2=C(c3ccc(Cl)cc3)C3C(=O)CC(C)(C)CC3N(c3ccc(CN)cc3)C2C1. The van der Waals surface area contributed by atoms with Gasteiger partial charge in [0.2, 0.25) is 0 Å². The highest BCUT2D eigenvalue weighted by Crippen LogP contribution is 2.54. The molecule has 3 aliphatic rings. The van der Waals surface area contributed by atoms with Crippen LogP contribution in [0.3, 0.4) is 0 Å². The molecule has 5 rings (SSSR count). The maximum atomic E-state index is 13.9. The van der Waals surface area contributed by atoms with Crippen molar-refractivity contribution < 1.29 is 9.59 Å². The number of Topliss-reactive ketones (excluding diaryl/α,β-unsaturated/α-hetero) is 2. The summed E-state index contributed by atoms with van der Waals surface area (Å²) in [6, 6.07) is 15.9. The summed E-state index contributed by atoms with van der Waals surface area (Å²) in [4.78, 5) is 30.1. The van der Waals surface area contributed by atoms with Crippen molar-refractivity contribution in [2.24, 2.45) is 22.5 Å². The summed E-state index contributed by atoms with van der Waals surface area (Å²) in [7, 11) is 0. The van der Waals surface area contributed by atoms with Gasteiger partial charge < -0.3 is 10.6 Å². The van der Waals surface area contributed by atoms with Gasteiger partial charge in [-0.05, 0) is 64.6 Å². The van der Waals surface area contributed by atoms with Gasteiger partial charge in [0.1, 0.15) is 5.78 Å². The molecule has 4 nitrogen and oxygen atoms in total. The van der Waals surface area contributed by atoms with Gasteiger partial charge in [0.05, 0.1) is 12.0 Å². The summed E-state index contributed by atoms with van der Waals surface area (Å²) in [5.41, 5.74) is 10.5. The van der Waals surface area contributed by atoms with Crippen LogP contribution < -0.4 is 10.6 Å². The molecule has 35 heavy (non-hydrogen) atoms. The number of carbonyl (C=O) groups is 2. The number of halogens is 1. The van der Waals surface area contributed by atoms with Gasteiger partial charge in [-0.25, -0.2) is 0 Å². The molecular weight excluding hydrogens is 456 g/mol. The Kier molecular flexibility index (Phi) is 5.96. The van der Waals surface area contributed by atoms with Gasteiger partial charge in [0, 0.05) is 41.7 Å². The lowest BCUT2D eigenvalue weighted by atomic mass is 9.59. The molecule has 0 amide bonds. The second kappa shape index (κ2) is 8.60. The van der Waals surface area contributed by atoms with Crippen LogP contribution in [-0.4, -0.2) is 23.7 Å². The van der Waals surface area contributed by atoms with Gasteiger partial charge >= 0.3 is 0 Å². The molecule has 1 aliphatic heterocycles. The van der Waals surface area contributed by atoms with Gasteiger partial charge in [0.15, 0.2) is 5.78 Å². The Labute approximate surface area is 213 Å². The van der Waals surface area contributed by atoms with Crippen LogP contribution in [0.5, 0.6) is 0 Å². The molecule has 5 heteroatoms. The number of nitrogens with zero attached hydrogens (tertiary/aromatic N) is 1. The van der Waals surface area contributed by atoms with Crippen molar-refractivity contribution in [2.75, 3.05) is 4.90 Å². The van der Waals surface area contributed by atoms with Gasteiger partial charge in [-0.1, -0.05) is 63.6 Å². The largest absolute Gasteiger partial charge is 0.360 e. The first-order valence-electron chi connectivity index (χ1n) is 12.6. The monoisotopic (exact) mass is 490 g/mol. The summed E-state index contributed by atoms with van der Waals surface area (Å²) in [6.45, 7) is 9.23. The van der Waals surface area contributed by atoms with Gasteiger partial charge in [-0.2, -0.15) is 0 Å². The van der Waals surface area contributed by atoms with Crippen LogP contribution in [0.4, 0.5) is 5.69 Å². The van der Waals surface area contributed by atoms with Crippen LogP contribution in [0.2, 0.25) is 5.02 Å². The summed E-state index contributed by atoms with van der Waals surface area (Å²) >= 11 is 6.22. The average molecular weight is 491 g/mol. The molecule has 2 saturated carbocycles. The van der Waals surface area contributed by atoms with Crippen LogP contribution in [0.25, 0.3) is 5.57 Å². The lowest BCUT2D eigenvalue weighted by Gasteiger charge is -2.56. The molecule has 2 aromatic rings. The summed E-state index contributed by atoms with van der Waals surface area (Å²) in [5, 5.41) is 0.650. The number of fused-ring (bicyclic) bond motifs is 2. The van der Waals surface area contributed by atoms with E-state index in [1.54, 1.807) is 0 Å². The molecule has 0 saturated heterocycles. The van der Waals surface area contributed by atoms with E-state index in [2.05, 4.69) is 56.9 Å². The zero-order chi connectivity index (χ0) is 25.1. The molecule has 2 N–H and O–H groups in total. The molecule has 0 bridgehead atoms. The number of nitrogens with two attached hydrogens (primary N) is 1. The number of hydrogen-bond acceptors (Lipinski definition) is 4. The lowest BCUT2D eigenvalue weighted by molar-refractivity contribution is -0.126. The Morgan fingerprint density at radius 1 is 0.886 bits per heavy atom. The summed E-state index contributed by atoms with van der Waals surface area (Å²) in [5.74, 6) is 0.0500. The van der Waals surface area contributed by atoms with Crippen molar-refractivity contribution in [3.05, 3.63) is 70.3 Å². The fourth-order valence-electron chi connectivity index (χ4n) is 6.68. The predicted octanol–water partition coefficient (Wildman–Crippen LogP) is 6.20. The minimum absolute atomic E-state index is 0.0175. The fraction of sp³-hybridized carbons (Fsp3) is 0.467. The van der Waals surface area contributed by atoms with Gasteiger partial charge in [-0.15, -0.1) is 0 Å². The Hall–Kier alpha value is -2.43. The van der Waals surface area contributed by atoms with E-state index in [1.807, 2.05) is 24.3 Å². The van der Waals surface area contributed by atoms with Crippen LogP contribution in [0.1, 0.15) is 64.5 Å². The van der Waals surface area contributed by atoms with Gasteiger partial charge in [0.25, 0.3) is 0 Å². The van der Waals surface area contributed by atoms with E-state index in [0.717, 1.165) is 40.8 Å². The van der Waals surface area contributed by atoms with Crippen molar-refractivity contribution in [3.8, 4) is 0 Å². The quantitative estimate of drug-likeness (QED) is 0.556. The highest BCUT2D eigenvalue weighted by Gasteiger charge is 2.54. The molecule has 0 spiro atoms. The lowest BCUT2D eigenvalue weighted by Crippen LogP contribution is -2.61. The predicted molar refractivity (Wildman–Crippen MR) is 142 cm³/mol. The van der Waals surface area contributed by atoms with Crippen molar-refractivity contribution in [2.45, 2.75) is 72.0 Å². The van der Waals surface area contributed by atoms with E-state index < -0.39 is 0 Å². The standard InChI is InChI=1S/C30H35ClN2O2/c1-29(2)13-22-27(24(34)15-29)26(19-7-9-20(31)10-8-19)28-23(14-30(3,4)16-25(28)35)33(22)21-11-5-18(17-32)6-12-21/h5-12,22-23,27H,13-17,32H2,1-4H3. The molecule has 184 valence electrons. The minimum atomic E-state index is -0.338. The average Bonchev–Trinajstić information content (AvgIpc) is 2.77. The van der Waals surface area contributed by atoms with Gasteiger partial charge in [-0.3, -0.25) is 9.59 Å². The van der Waals surface area contributed by atoms with Crippen LogP contribution in [0.15, 0.2) is 54.1 Å². The molecule has 0 radical (unpaired) electrons. The molecular formula is C30H35ClN2O2. The molecule has 2 aliphatic carbocycles. The maximum absolute atomic E-state index is 13.9. The number of hydrogen-bond donors (Lipinski definition) is 1. The Balaban J connectivity index is 1.77. The van der Waals surface area contributed by atoms with E-state index in [4.69, 9.17) is 17.3 Å². The normalized spacial score (nSPS) is 27.5. The first-order chi connectivity index (χ1) is 16.5. The number of anilines is 1. The fourth-order valence-corrected chi connectivity index (χ4v) is 6.81. The topological polar surface area (TPSA) is 63.4 Å². The maximum Gasteiger partial charge on any atom is 0.161 e. The Morgan fingerprint density at radius 3 is 2.14 bits per heavy atom. The van der Waals surface area contributed by atoms with E-state index in [1.165, 1.54) is 0 Å². The second-order valence-electron chi connectivity index (χ2n) is 12.2. The van der Waals surface area contributed by atoms with E-state index in [0.29, 0.717) is 24.4 Å². The molecule has 0 aromatic heterocycles. The zero-order valence-corrected chi connectivity index (χ0v) is 21.9. The third-order valence-corrected chi connectivity index (χ3v) is 8.34. The highest BCUT2D eigenvalue weighted by molar-refractivity contribution is 6.30. The Bertz CT molecular complexity index is 1190. The molecule has 3 unspecified atom stereocenters. The molecule has 3 atom stereocenters. The third kappa shape index (κ3) is 4.36. The minimum Gasteiger partial charge on any atom is -0.360 e. The van der Waals surface area contributed by atoms with Crippen molar-refractivity contribution in [1.82, 2.24) is 0 Å². The molecule has 2 aromatic carbocycles. The van der Waals surface area contributed by atoms with Crippen LogP contribution in [0, 0.1) is 16.7 Å².